The predicted molar refractivity (Wildman–Crippen MR) is 129 cm³/mol. The van der Waals surface area contributed by atoms with Crippen LogP contribution in [0.25, 0.3) is 0 Å². The molecule has 0 aromatic heterocycles. The van der Waals surface area contributed by atoms with Crippen LogP contribution in [0.2, 0.25) is 0 Å². The van der Waals surface area contributed by atoms with Crippen LogP contribution in [-0.2, 0) is 14.3 Å². The van der Waals surface area contributed by atoms with Gasteiger partial charge in [0.15, 0.2) is 6.61 Å². The highest BCUT2D eigenvalue weighted by Gasteiger charge is 2.19. The van der Waals surface area contributed by atoms with Gasteiger partial charge in [0.05, 0.1) is 36.3 Å². The molecule has 0 spiro atoms. The van der Waals surface area contributed by atoms with E-state index in [0.29, 0.717) is 10.5 Å². The molecule has 1 saturated carbocycles. The van der Waals surface area contributed by atoms with Crippen LogP contribution in [0.3, 0.4) is 0 Å². The van der Waals surface area contributed by atoms with Crippen LogP contribution < -0.4 is 5.32 Å². The number of esters is 1. The average molecular weight is 485 g/mol. The van der Waals surface area contributed by atoms with E-state index in [1.54, 1.807) is 24.3 Å². The Balaban J connectivity index is 1.88. The number of thioether (sulfide) groups is 1. The minimum absolute atomic E-state index is 0.0560. The molecule has 0 saturated heterocycles. The Morgan fingerprint density at radius 3 is 2.26 bits per heavy atom. The zero-order chi connectivity index (χ0) is 24.6. The second-order valence-corrected chi connectivity index (χ2v) is 9.18. The van der Waals surface area contributed by atoms with E-state index in [1.165, 1.54) is 35.9 Å². The second-order valence-electron chi connectivity index (χ2n) is 8.17. The van der Waals surface area contributed by atoms with Gasteiger partial charge in [-0.3, -0.25) is 9.59 Å². The predicted octanol–water partition coefficient (Wildman–Crippen LogP) is 3.82. The molecule has 2 amide bonds. The Bertz CT molecular complexity index is 883. The highest BCUT2D eigenvalue weighted by Crippen LogP contribution is 2.24. The van der Waals surface area contributed by atoms with Crippen molar-refractivity contribution in [2.45, 2.75) is 68.7 Å². The number of ether oxygens (including phenoxy) is 1. The van der Waals surface area contributed by atoms with Gasteiger partial charge in [-0.25, -0.2) is 4.79 Å². The Morgan fingerprint density at radius 2 is 1.62 bits per heavy atom. The van der Waals surface area contributed by atoms with Gasteiger partial charge in [0.25, 0.3) is 5.91 Å². The first-order chi connectivity index (χ1) is 16.5. The third-order valence-electron chi connectivity index (χ3n) is 5.60. The van der Waals surface area contributed by atoms with Gasteiger partial charge in [-0.15, -0.1) is 11.8 Å². The molecule has 0 unspecified atom stereocenters. The van der Waals surface area contributed by atoms with E-state index in [2.05, 4.69) is 5.32 Å². The van der Waals surface area contributed by atoms with Gasteiger partial charge in [-0.1, -0.05) is 44.2 Å². The average Bonchev–Trinajstić information content (AvgIpc) is 2.83. The summed E-state index contributed by atoms with van der Waals surface area (Å²) < 4.78 is 5.22. The first kappa shape index (κ1) is 27.2. The summed E-state index contributed by atoms with van der Waals surface area (Å²) in [5.74, 6) is -0.977. The lowest BCUT2D eigenvalue weighted by atomic mass is 9.97. The largest absolute Gasteiger partial charge is 0.452 e. The summed E-state index contributed by atoms with van der Waals surface area (Å²) >= 11 is 1.26. The Kier molecular flexibility index (Phi) is 12.6. The van der Waals surface area contributed by atoms with E-state index >= 15 is 0 Å². The summed E-state index contributed by atoms with van der Waals surface area (Å²) in [5, 5.41) is 20.6. The molecule has 0 aliphatic heterocycles. The Morgan fingerprint density at radius 1 is 1.00 bits per heavy atom. The van der Waals surface area contributed by atoms with Gasteiger partial charge < -0.3 is 15.0 Å². The Hall–Kier alpha value is -3.04. The lowest BCUT2D eigenvalue weighted by molar-refractivity contribution is -0.134. The number of nitrogens with one attached hydrogen (secondary N) is 1. The van der Waals surface area contributed by atoms with Crippen molar-refractivity contribution in [1.29, 1.82) is 10.5 Å². The highest BCUT2D eigenvalue weighted by molar-refractivity contribution is 8.00. The second kappa shape index (κ2) is 15.7. The lowest BCUT2D eigenvalue weighted by Crippen LogP contribution is -2.36. The number of hydrogen-bond acceptors (Lipinski definition) is 7. The van der Waals surface area contributed by atoms with Crippen molar-refractivity contribution in [2.24, 2.45) is 0 Å². The first-order valence-electron chi connectivity index (χ1n) is 11.7. The van der Waals surface area contributed by atoms with Crippen LogP contribution in [0.4, 0.5) is 0 Å². The van der Waals surface area contributed by atoms with E-state index in [0.717, 1.165) is 25.7 Å². The summed E-state index contributed by atoms with van der Waals surface area (Å²) in [6.07, 6.45) is 8.25. The zero-order valence-electron chi connectivity index (χ0n) is 19.5. The number of amides is 2. The third kappa shape index (κ3) is 9.84. The maximum atomic E-state index is 12.6. The van der Waals surface area contributed by atoms with Crippen molar-refractivity contribution >= 4 is 29.5 Å². The SMILES string of the molecule is N#CCCN(CCC#N)C(=O)COC(=O)c1ccccc1SCC(=O)NC1CCCCCCC1. The molecule has 182 valence electrons. The molecule has 1 aromatic rings. The fraction of sp³-hybridized carbons (Fsp3) is 0.560. The third-order valence-corrected chi connectivity index (χ3v) is 6.68. The van der Waals surface area contributed by atoms with Crippen molar-refractivity contribution in [3.05, 3.63) is 29.8 Å². The van der Waals surface area contributed by atoms with Gasteiger partial charge in [-0.2, -0.15) is 10.5 Å². The molecule has 1 N–H and O–H groups in total. The monoisotopic (exact) mass is 484 g/mol. The van der Waals surface area contributed by atoms with E-state index in [4.69, 9.17) is 15.3 Å². The number of nitriles is 2. The molecule has 1 aromatic carbocycles. The molecule has 1 aliphatic carbocycles. The standard InChI is InChI=1S/C25H32N4O4S/c26-14-8-16-29(17-9-15-27)24(31)18-33-25(32)21-12-6-7-13-22(21)34-19-23(30)28-20-10-4-2-1-3-5-11-20/h6-7,12-13,20H,1-5,8-11,16-19H2,(H,28,30). The van der Waals surface area contributed by atoms with E-state index in [9.17, 15) is 14.4 Å². The van der Waals surface area contributed by atoms with E-state index in [1.807, 2.05) is 12.1 Å². The molecule has 0 bridgehead atoms. The maximum Gasteiger partial charge on any atom is 0.339 e. The summed E-state index contributed by atoms with van der Waals surface area (Å²) in [7, 11) is 0. The summed E-state index contributed by atoms with van der Waals surface area (Å²) in [6.45, 7) is -0.120. The minimum Gasteiger partial charge on any atom is -0.452 e. The van der Waals surface area contributed by atoms with Gasteiger partial charge in [-0.05, 0) is 25.0 Å². The van der Waals surface area contributed by atoms with Gasteiger partial charge in [0.1, 0.15) is 0 Å². The molecule has 0 atom stereocenters. The normalized spacial score (nSPS) is 14.1. The molecule has 34 heavy (non-hydrogen) atoms. The maximum absolute atomic E-state index is 12.6. The van der Waals surface area contributed by atoms with Crippen LogP contribution >= 0.6 is 11.8 Å². The number of rotatable bonds is 11. The van der Waals surface area contributed by atoms with Crippen molar-refractivity contribution in [3.8, 4) is 12.1 Å². The van der Waals surface area contributed by atoms with Crippen molar-refractivity contribution < 1.29 is 19.1 Å². The molecular weight excluding hydrogens is 452 g/mol. The Labute approximate surface area is 205 Å². The van der Waals surface area contributed by atoms with Gasteiger partial charge >= 0.3 is 5.97 Å². The molecule has 2 rings (SSSR count). The van der Waals surface area contributed by atoms with Crippen LogP contribution in [0.15, 0.2) is 29.2 Å². The van der Waals surface area contributed by atoms with Crippen LogP contribution in [0, 0.1) is 22.7 Å². The van der Waals surface area contributed by atoms with Crippen LogP contribution in [0.5, 0.6) is 0 Å². The zero-order valence-corrected chi connectivity index (χ0v) is 20.3. The van der Waals surface area contributed by atoms with Crippen molar-refractivity contribution in [2.75, 3.05) is 25.4 Å². The fourth-order valence-electron chi connectivity index (χ4n) is 3.80. The molecule has 8 nitrogen and oxygen atoms in total. The van der Waals surface area contributed by atoms with Crippen molar-refractivity contribution in [3.63, 3.8) is 0 Å². The number of benzene rings is 1. The molecular formula is C25H32N4O4S. The molecule has 9 heteroatoms. The number of nitrogens with zero attached hydrogens (tertiary/aromatic N) is 3. The molecule has 1 fully saturated rings. The number of carbonyl (C=O) groups excluding carboxylic acids is 3. The van der Waals surface area contributed by atoms with E-state index < -0.39 is 18.5 Å². The van der Waals surface area contributed by atoms with Crippen LogP contribution in [0.1, 0.15) is 68.1 Å². The quantitative estimate of drug-likeness (QED) is 0.374. The van der Waals surface area contributed by atoms with Gasteiger partial charge in [0.2, 0.25) is 5.91 Å². The summed E-state index contributed by atoms with van der Waals surface area (Å²) in [5.41, 5.74) is 0.291. The molecule has 1 aliphatic rings. The number of carbonyl (C=O) groups is 3. The highest BCUT2D eigenvalue weighted by atomic mass is 32.2. The van der Waals surface area contributed by atoms with Crippen molar-refractivity contribution in [1.82, 2.24) is 10.2 Å². The summed E-state index contributed by atoms with van der Waals surface area (Å²) in [6, 6.07) is 11.0. The van der Waals surface area contributed by atoms with Gasteiger partial charge in [0, 0.05) is 24.0 Å². The summed E-state index contributed by atoms with van der Waals surface area (Å²) in [4.78, 5) is 39.5. The smallest absolute Gasteiger partial charge is 0.339 e. The number of hydrogen-bond donors (Lipinski definition) is 1. The molecule has 0 heterocycles. The lowest BCUT2D eigenvalue weighted by Gasteiger charge is -2.21. The topological polar surface area (TPSA) is 123 Å². The van der Waals surface area contributed by atoms with E-state index in [-0.39, 0.29) is 43.6 Å². The first-order valence-corrected chi connectivity index (χ1v) is 12.7. The molecule has 0 radical (unpaired) electrons. The van der Waals surface area contributed by atoms with Crippen LogP contribution in [-0.4, -0.2) is 54.2 Å². The fourth-order valence-corrected chi connectivity index (χ4v) is 4.65. The minimum atomic E-state index is -0.655.